The van der Waals surface area contributed by atoms with Crippen molar-refractivity contribution >= 4 is 5.97 Å². The Labute approximate surface area is 50.8 Å². The molecule has 0 saturated heterocycles. The van der Waals surface area contributed by atoms with Crippen molar-refractivity contribution in [1.82, 2.24) is 0 Å². The number of hydrogen-bond donors (Lipinski definition) is 1. The molecule has 0 aromatic carbocycles. The summed E-state index contributed by atoms with van der Waals surface area (Å²) in [4.78, 5) is 18.5. The topological polar surface area (TPSA) is 80.4 Å². The normalized spacial score (nSPS) is 9.78. The first kappa shape index (κ1) is 7.61. The summed E-state index contributed by atoms with van der Waals surface area (Å²) in [5.74, 6) is -1.08. The van der Waals surface area contributed by atoms with E-state index in [0.29, 0.717) is 6.20 Å². The maximum Gasteiger partial charge on any atom is 0.307 e. The molecule has 0 aromatic heterocycles. The number of hydrogen-bond acceptors (Lipinski definition) is 3. The largest absolute Gasteiger partial charge is 0.481 e. The van der Waals surface area contributed by atoms with Gasteiger partial charge in [-0.2, -0.15) is 0 Å². The standard InChI is InChI=1S/C4H5NO4/c6-4(7)2-1-3-5(8)9/h1,3H,2H2,(H,6,7)/b3-1+. The molecule has 9 heavy (non-hydrogen) atoms. The van der Waals surface area contributed by atoms with Crippen molar-refractivity contribution in [2.45, 2.75) is 6.42 Å². The second-order valence-corrected chi connectivity index (χ2v) is 1.27. The van der Waals surface area contributed by atoms with Crippen LogP contribution in [-0.4, -0.2) is 16.0 Å². The lowest BCUT2D eigenvalue weighted by molar-refractivity contribution is -0.402. The van der Waals surface area contributed by atoms with Crippen LogP contribution in [0.1, 0.15) is 6.42 Å². The molecule has 0 unspecified atom stereocenters. The zero-order valence-corrected chi connectivity index (χ0v) is 4.48. The van der Waals surface area contributed by atoms with E-state index in [4.69, 9.17) is 5.11 Å². The van der Waals surface area contributed by atoms with Crippen molar-refractivity contribution in [3.8, 4) is 0 Å². The first-order chi connectivity index (χ1) is 4.13. The minimum Gasteiger partial charge on any atom is -0.481 e. The van der Waals surface area contributed by atoms with Crippen molar-refractivity contribution in [2.24, 2.45) is 0 Å². The summed E-state index contributed by atoms with van der Waals surface area (Å²) in [6.45, 7) is 0. The van der Waals surface area contributed by atoms with E-state index in [0.717, 1.165) is 6.08 Å². The molecule has 0 aromatic rings. The third-order valence-corrected chi connectivity index (χ3v) is 0.520. The van der Waals surface area contributed by atoms with Gasteiger partial charge in [0.05, 0.1) is 11.3 Å². The molecule has 0 bridgehead atoms. The molecule has 0 aliphatic carbocycles. The zero-order chi connectivity index (χ0) is 7.28. The van der Waals surface area contributed by atoms with Crippen LogP contribution in [0.2, 0.25) is 0 Å². The quantitative estimate of drug-likeness (QED) is 0.439. The van der Waals surface area contributed by atoms with Gasteiger partial charge in [-0.15, -0.1) is 0 Å². The number of rotatable bonds is 3. The summed E-state index contributed by atoms with van der Waals surface area (Å²) in [5.41, 5.74) is 0. The van der Waals surface area contributed by atoms with Crippen LogP contribution in [0.3, 0.4) is 0 Å². The van der Waals surface area contributed by atoms with Crippen molar-refractivity contribution in [2.75, 3.05) is 0 Å². The van der Waals surface area contributed by atoms with Crippen molar-refractivity contribution in [3.05, 3.63) is 22.4 Å². The molecule has 0 heterocycles. The van der Waals surface area contributed by atoms with E-state index in [9.17, 15) is 14.9 Å². The van der Waals surface area contributed by atoms with Gasteiger partial charge in [0, 0.05) is 0 Å². The van der Waals surface area contributed by atoms with Crippen LogP contribution in [0.4, 0.5) is 0 Å². The Morgan fingerprint density at radius 1 is 1.78 bits per heavy atom. The minimum absolute atomic E-state index is 0.305. The van der Waals surface area contributed by atoms with E-state index in [-0.39, 0.29) is 6.42 Å². The van der Waals surface area contributed by atoms with Gasteiger partial charge in [0.15, 0.2) is 0 Å². The number of carboxylic acid groups (broad SMARTS) is 1. The van der Waals surface area contributed by atoms with Crippen LogP contribution in [-0.2, 0) is 4.79 Å². The Morgan fingerprint density at radius 3 is 2.67 bits per heavy atom. The molecule has 0 fully saturated rings. The minimum atomic E-state index is -1.08. The summed E-state index contributed by atoms with van der Waals surface area (Å²) in [6, 6.07) is 0. The third-order valence-electron chi connectivity index (χ3n) is 0.520. The SMILES string of the molecule is O=C(O)C/C=C/[N+](=O)[O-]. The molecule has 0 atom stereocenters. The first-order valence-electron chi connectivity index (χ1n) is 2.15. The number of carbonyl (C=O) groups is 1. The van der Waals surface area contributed by atoms with Crippen LogP contribution in [0, 0.1) is 10.1 Å². The summed E-state index contributed by atoms with van der Waals surface area (Å²) < 4.78 is 0. The summed E-state index contributed by atoms with van der Waals surface area (Å²) in [5, 5.41) is 17.5. The van der Waals surface area contributed by atoms with Gasteiger partial charge in [0.25, 0.3) is 0 Å². The van der Waals surface area contributed by atoms with Gasteiger partial charge in [-0.1, -0.05) is 0 Å². The van der Waals surface area contributed by atoms with E-state index in [1.165, 1.54) is 0 Å². The Balaban J connectivity index is 3.48. The fourth-order valence-electron chi connectivity index (χ4n) is 0.240. The highest BCUT2D eigenvalue weighted by atomic mass is 16.6. The second-order valence-electron chi connectivity index (χ2n) is 1.27. The van der Waals surface area contributed by atoms with Crippen LogP contribution in [0.25, 0.3) is 0 Å². The lowest BCUT2D eigenvalue weighted by atomic mass is 10.4. The fourth-order valence-corrected chi connectivity index (χ4v) is 0.240. The molecule has 0 spiro atoms. The van der Waals surface area contributed by atoms with E-state index < -0.39 is 10.9 Å². The smallest absolute Gasteiger partial charge is 0.307 e. The highest BCUT2D eigenvalue weighted by Crippen LogP contribution is 1.81. The predicted molar refractivity (Wildman–Crippen MR) is 28.4 cm³/mol. The van der Waals surface area contributed by atoms with Gasteiger partial charge < -0.3 is 5.11 Å². The van der Waals surface area contributed by atoms with Gasteiger partial charge in [-0.25, -0.2) is 0 Å². The Morgan fingerprint density at radius 2 is 2.33 bits per heavy atom. The summed E-state index contributed by atoms with van der Waals surface area (Å²) in [7, 11) is 0. The van der Waals surface area contributed by atoms with Gasteiger partial charge in [-0.05, 0) is 6.08 Å². The molecule has 5 heteroatoms. The predicted octanol–water partition coefficient (Wildman–Crippen LogP) is 0.252. The molecule has 50 valence electrons. The van der Waals surface area contributed by atoms with E-state index >= 15 is 0 Å². The van der Waals surface area contributed by atoms with Crippen LogP contribution in [0.15, 0.2) is 12.3 Å². The number of aliphatic carboxylic acids is 1. The molecule has 0 radical (unpaired) electrons. The molecule has 0 rings (SSSR count). The van der Waals surface area contributed by atoms with Crippen molar-refractivity contribution in [3.63, 3.8) is 0 Å². The van der Waals surface area contributed by atoms with Gasteiger partial charge in [0.1, 0.15) is 0 Å². The third kappa shape index (κ3) is 6.61. The van der Waals surface area contributed by atoms with E-state index in [1.807, 2.05) is 0 Å². The fraction of sp³-hybridized carbons (Fsp3) is 0.250. The first-order valence-corrected chi connectivity index (χ1v) is 2.15. The van der Waals surface area contributed by atoms with Gasteiger partial charge in [-0.3, -0.25) is 14.9 Å². The van der Waals surface area contributed by atoms with Crippen LogP contribution in [0.5, 0.6) is 0 Å². The average molecular weight is 131 g/mol. The highest BCUT2D eigenvalue weighted by Gasteiger charge is 1.91. The average Bonchev–Trinajstić information content (AvgIpc) is 1.63. The molecule has 0 aliphatic heterocycles. The monoisotopic (exact) mass is 131 g/mol. The molecule has 1 N–H and O–H groups in total. The van der Waals surface area contributed by atoms with Crippen LogP contribution >= 0.6 is 0 Å². The highest BCUT2D eigenvalue weighted by molar-refractivity contribution is 5.68. The summed E-state index contributed by atoms with van der Waals surface area (Å²) in [6.07, 6.45) is 1.28. The molecular weight excluding hydrogens is 126 g/mol. The Hall–Kier alpha value is -1.39. The van der Waals surface area contributed by atoms with Gasteiger partial charge in [0.2, 0.25) is 6.20 Å². The van der Waals surface area contributed by atoms with E-state index in [1.54, 1.807) is 0 Å². The molecule has 0 saturated carbocycles. The Bertz CT molecular complexity index is 151. The lowest BCUT2D eigenvalue weighted by Gasteiger charge is -1.78. The van der Waals surface area contributed by atoms with Crippen LogP contribution < -0.4 is 0 Å². The van der Waals surface area contributed by atoms with E-state index in [2.05, 4.69) is 0 Å². The van der Waals surface area contributed by atoms with Crippen molar-refractivity contribution < 1.29 is 14.8 Å². The molecular formula is C4H5NO4. The number of nitrogens with zero attached hydrogens (tertiary/aromatic N) is 1. The van der Waals surface area contributed by atoms with Gasteiger partial charge >= 0.3 is 5.97 Å². The second kappa shape index (κ2) is 3.59. The molecule has 0 aliphatic rings. The zero-order valence-electron chi connectivity index (χ0n) is 4.48. The van der Waals surface area contributed by atoms with Crippen molar-refractivity contribution in [1.29, 1.82) is 0 Å². The lowest BCUT2D eigenvalue weighted by Crippen LogP contribution is -1.91. The maximum atomic E-state index is 9.71. The molecule has 0 amide bonds. The number of carboxylic acids is 1. The summed E-state index contributed by atoms with van der Waals surface area (Å²) >= 11 is 0. The Kier molecular flexibility index (Phi) is 3.04. The molecule has 5 nitrogen and oxygen atoms in total. The number of nitro groups is 1. The maximum absolute atomic E-state index is 9.71.